The van der Waals surface area contributed by atoms with Crippen LogP contribution in [0.25, 0.3) is 0 Å². The van der Waals surface area contributed by atoms with Crippen LogP contribution >= 0.6 is 15.9 Å². The maximum Gasteiger partial charge on any atom is 0.434 e. The van der Waals surface area contributed by atoms with Crippen molar-refractivity contribution in [1.29, 1.82) is 0 Å². The van der Waals surface area contributed by atoms with Crippen LogP contribution in [0, 0.1) is 0 Å². The number of hydrogen-bond donors (Lipinski definition) is 2. The summed E-state index contributed by atoms with van der Waals surface area (Å²) >= 11 is 3.01. The van der Waals surface area contributed by atoms with Crippen LogP contribution in [0.3, 0.4) is 0 Å². The van der Waals surface area contributed by atoms with Crippen molar-refractivity contribution in [3.05, 3.63) is 16.5 Å². The van der Waals surface area contributed by atoms with Crippen molar-refractivity contribution >= 4 is 27.8 Å². The predicted octanol–water partition coefficient (Wildman–Crippen LogP) is 4.12. The maximum atomic E-state index is 12.6. The van der Waals surface area contributed by atoms with Crippen LogP contribution in [0.15, 0.2) is 10.8 Å². The highest BCUT2D eigenvalue weighted by Gasteiger charge is 2.35. The van der Waals surface area contributed by atoms with Crippen LogP contribution in [-0.4, -0.2) is 33.7 Å². The summed E-state index contributed by atoms with van der Waals surface area (Å²) in [4.78, 5) is 19.2. The Balaban J connectivity index is 2.03. The van der Waals surface area contributed by atoms with Gasteiger partial charge in [-0.15, -0.1) is 0 Å². The van der Waals surface area contributed by atoms with Crippen LogP contribution in [0.4, 0.5) is 23.8 Å². The van der Waals surface area contributed by atoms with Gasteiger partial charge in [0.05, 0.1) is 12.2 Å². The Labute approximate surface area is 152 Å². The zero-order chi connectivity index (χ0) is 18.8. The molecule has 1 aliphatic rings. The van der Waals surface area contributed by atoms with Gasteiger partial charge in [0.2, 0.25) is 0 Å². The first-order chi connectivity index (χ1) is 11.5. The molecule has 1 aliphatic carbocycles. The first kappa shape index (κ1) is 19.7. The smallest absolute Gasteiger partial charge is 0.434 e. The lowest BCUT2D eigenvalue weighted by molar-refractivity contribution is -0.141. The molecule has 2 atom stereocenters. The minimum atomic E-state index is -4.55. The lowest BCUT2D eigenvalue weighted by atomic mass is 10.1. The van der Waals surface area contributed by atoms with E-state index in [1.807, 2.05) is 0 Å². The maximum absolute atomic E-state index is 12.6. The largest absolute Gasteiger partial charge is 0.444 e. The summed E-state index contributed by atoms with van der Waals surface area (Å²) in [5.74, 6) is 0.205. The second kappa shape index (κ2) is 7.35. The number of ether oxygens (including phenoxy) is 1. The summed E-state index contributed by atoms with van der Waals surface area (Å²) in [5, 5.41) is 5.84. The molecule has 140 valence electrons. The summed E-state index contributed by atoms with van der Waals surface area (Å²) in [5.41, 5.74) is -1.67. The van der Waals surface area contributed by atoms with Crippen LogP contribution in [0.2, 0.25) is 0 Å². The predicted molar refractivity (Wildman–Crippen MR) is 89.2 cm³/mol. The van der Waals surface area contributed by atoms with Gasteiger partial charge in [0.25, 0.3) is 0 Å². The SMILES string of the molecule is CC(C)(C)OC(=O)N[C@H]1CCC[C@@H]1Nc1ncc(C(F)(F)F)nc1Br. The molecule has 0 unspecified atom stereocenters. The number of alkyl carbamates (subject to hydrolysis) is 1. The molecular formula is C15H20BrF3N4O2. The molecule has 0 bridgehead atoms. The minimum absolute atomic E-state index is 0.0229. The van der Waals surface area contributed by atoms with Gasteiger partial charge in [0, 0.05) is 6.04 Å². The van der Waals surface area contributed by atoms with Crippen LogP contribution in [-0.2, 0) is 10.9 Å². The molecule has 0 saturated heterocycles. The lowest BCUT2D eigenvalue weighted by Gasteiger charge is -2.25. The van der Waals surface area contributed by atoms with Crippen molar-refractivity contribution in [2.75, 3.05) is 5.32 Å². The number of halogens is 4. The zero-order valence-electron chi connectivity index (χ0n) is 14.1. The Bertz CT molecular complexity index is 634. The van der Waals surface area contributed by atoms with Gasteiger partial charge in [-0.1, -0.05) is 0 Å². The highest BCUT2D eigenvalue weighted by Crippen LogP contribution is 2.31. The van der Waals surface area contributed by atoms with Gasteiger partial charge in [-0.05, 0) is 56.0 Å². The Kier molecular flexibility index (Phi) is 5.80. The third-order valence-corrected chi connectivity index (χ3v) is 4.11. The monoisotopic (exact) mass is 424 g/mol. The number of hydrogen-bond acceptors (Lipinski definition) is 5. The second-order valence-corrected chi connectivity index (χ2v) is 7.58. The van der Waals surface area contributed by atoms with Gasteiger partial charge in [-0.2, -0.15) is 13.2 Å². The number of carbonyl (C=O) groups excluding carboxylic acids is 1. The van der Waals surface area contributed by atoms with E-state index in [1.54, 1.807) is 20.8 Å². The average Bonchev–Trinajstić information content (AvgIpc) is 2.84. The van der Waals surface area contributed by atoms with E-state index >= 15 is 0 Å². The average molecular weight is 425 g/mol. The molecule has 2 N–H and O–H groups in total. The van der Waals surface area contributed by atoms with Crippen LogP contribution in [0.5, 0.6) is 0 Å². The number of nitrogens with one attached hydrogen (secondary N) is 2. The number of aromatic nitrogens is 2. The van der Waals surface area contributed by atoms with E-state index in [0.29, 0.717) is 6.20 Å². The molecule has 6 nitrogen and oxygen atoms in total. The highest BCUT2D eigenvalue weighted by atomic mass is 79.9. The molecule has 1 saturated carbocycles. The summed E-state index contributed by atoms with van der Waals surface area (Å²) in [6.45, 7) is 5.31. The number of alkyl halides is 3. The quantitative estimate of drug-likeness (QED) is 0.762. The number of nitrogens with zero attached hydrogens (tertiary/aromatic N) is 2. The second-order valence-electron chi connectivity index (χ2n) is 6.83. The summed E-state index contributed by atoms with van der Waals surface area (Å²) in [7, 11) is 0. The number of rotatable bonds is 3. The highest BCUT2D eigenvalue weighted by molar-refractivity contribution is 9.10. The summed E-state index contributed by atoms with van der Waals surface area (Å²) < 4.78 is 43.1. The summed E-state index contributed by atoms with van der Waals surface area (Å²) in [6.07, 6.45) is -2.05. The number of carbonyl (C=O) groups is 1. The zero-order valence-corrected chi connectivity index (χ0v) is 15.7. The number of anilines is 1. The minimum Gasteiger partial charge on any atom is -0.444 e. The number of amides is 1. The van der Waals surface area contributed by atoms with Crippen molar-refractivity contribution in [2.24, 2.45) is 0 Å². The fourth-order valence-corrected chi connectivity index (χ4v) is 2.95. The van der Waals surface area contributed by atoms with Gasteiger partial charge < -0.3 is 15.4 Å². The van der Waals surface area contributed by atoms with E-state index in [1.165, 1.54) is 0 Å². The van der Waals surface area contributed by atoms with Crippen molar-refractivity contribution in [3.63, 3.8) is 0 Å². The van der Waals surface area contributed by atoms with E-state index in [0.717, 1.165) is 19.3 Å². The van der Waals surface area contributed by atoms with Gasteiger partial charge in [0.15, 0.2) is 11.5 Å². The fourth-order valence-electron chi connectivity index (χ4n) is 2.54. The van der Waals surface area contributed by atoms with E-state index in [2.05, 4.69) is 36.5 Å². The van der Waals surface area contributed by atoms with Gasteiger partial charge >= 0.3 is 12.3 Å². The van der Waals surface area contributed by atoms with E-state index < -0.39 is 23.6 Å². The standard InChI is InChI=1S/C15H20BrF3N4O2/c1-14(2,3)25-13(24)22-9-6-4-5-8(9)21-12-11(16)23-10(7-20-12)15(17,18)19/h7-9H,4-6H2,1-3H3,(H,20,21)(H,22,24)/t8-,9-/m0/s1. The molecule has 0 radical (unpaired) electrons. The van der Waals surface area contributed by atoms with Gasteiger partial charge in [0.1, 0.15) is 10.2 Å². The Hall–Kier alpha value is -1.58. The third-order valence-electron chi connectivity index (χ3n) is 3.56. The van der Waals surface area contributed by atoms with Crippen molar-refractivity contribution < 1.29 is 22.7 Å². The fraction of sp³-hybridized carbons (Fsp3) is 0.667. The van der Waals surface area contributed by atoms with E-state index in [9.17, 15) is 18.0 Å². The molecule has 2 rings (SSSR count). The van der Waals surface area contributed by atoms with E-state index in [-0.39, 0.29) is 22.5 Å². The Morgan fingerprint density at radius 2 is 1.92 bits per heavy atom. The molecule has 0 spiro atoms. The topological polar surface area (TPSA) is 76.1 Å². The van der Waals surface area contributed by atoms with Crippen molar-refractivity contribution in [2.45, 2.75) is 63.9 Å². The van der Waals surface area contributed by atoms with Crippen LogP contribution in [0.1, 0.15) is 45.7 Å². The van der Waals surface area contributed by atoms with Crippen LogP contribution < -0.4 is 10.6 Å². The first-order valence-electron chi connectivity index (χ1n) is 7.81. The molecule has 0 aliphatic heterocycles. The Morgan fingerprint density at radius 1 is 1.28 bits per heavy atom. The molecule has 1 heterocycles. The first-order valence-corrected chi connectivity index (χ1v) is 8.61. The van der Waals surface area contributed by atoms with Crippen molar-refractivity contribution in [1.82, 2.24) is 15.3 Å². The van der Waals surface area contributed by atoms with E-state index in [4.69, 9.17) is 4.74 Å². The van der Waals surface area contributed by atoms with Gasteiger partial charge in [-0.3, -0.25) is 0 Å². The summed E-state index contributed by atoms with van der Waals surface area (Å²) in [6, 6.07) is -0.374. The van der Waals surface area contributed by atoms with Crippen molar-refractivity contribution in [3.8, 4) is 0 Å². The Morgan fingerprint density at radius 3 is 2.48 bits per heavy atom. The molecule has 0 aromatic carbocycles. The molecule has 1 fully saturated rings. The molecule has 10 heteroatoms. The normalized spacial score (nSPS) is 21.1. The molecule has 25 heavy (non-hydrogen) atoms. The third kappa shape index (κ3) is 5.72. The van der Waals surface area contributed by atoms with Gasteiger partial charge in [-0.25, -0.2) is 14.8 Å². The molecule has 1 aromatic rings. The molecular weight excluding hydrogens is 405 g/mol. The molecule has 1 aromatic heterocycles. The molecule has 1 amide bonds. The lowest BCUT2D eigenvalue weighted by Crippen LogP contribution is -2.45.